The average molecular weight is 314 g/mol. The zero-order valence-corrected chi connectivity index (χ0v) is 12.7. The molecule has 18 heavy (non-hydrogen) atoms. The van der Waals surface area contributed by atoms with Gasteiger partial charge in [-0.2, -0.15) is 0 Å². The molecule has 0 saturated heterocycles. The summed E-state index contributed by atoms with van der Waals surface area (Å²) < 4.78 is 0.949. The molecular formula is C13H20BrN3O. The van der Waals surface area contributed by atoms with E-state index in [9.17, 15) is 4.79 Å². The Kier molecular flexibility index (Phi) is 6.29. The number of amides is 1. The number of halogens is 1. The summed E-state index contributed by atoms with van der Waals surface area (Å²) in [7, 11) is 0. The topological polar surface area (TPSA) is 45.2 Å². The fourth-order valence-electron chi connectivity index (χ4n) is 1.72. The van der Waals surface area contributed by atoms with Crippen molar-refractivity contribution < 1.29 is 4.79 Å². The first-order valence-corrected chi connectivity index (χ1v) is 6.99. The highest BCUT2D eigenvalue weighted by Crippen LogP contribution is 2.09. The van der Waals surface area contributed by atoms with E-state index < -0.39 is 0 Å². The van der Waals surface area contributed by atoms with Gasteiger partial charge in [0.05, 0.1) is 6.04 Å². The number of carbonyl (C=O) groups excluding carboxylic acids is 1. The van der Waals surface area contributed by atoms with Gasteiger partial charge in [-0.05, 0) is 48.3 Å². The Balaban J connectivity index is 2.50. The van der Waals surface area contributed by atoms with Gasteiger partial charge in [-0.15, -0.1) is 0 Å². The van der Waals surface area contributed by atoms with Crippen molar-refractivity contribution in [3.63, 3.8) is 0 Å². The van der Waals surface area contributed by atoms with Gasteiger partial charge in [0.15, 0.2) is 0 Å². The molecule has 0 radical (unpaired) electrons. The molecule has 1 aromatic rings. The molecule has 1 amide bonds. The van der Waals surface area contributed by atoms with Gasteiger partial charge in [-0.1, -0.05) is 0 Å². The Morgan fingerprint density at radius 1 is 1.44 bits per heavy atom. The maximum atomic E-state index is 12.0. The summed E-state index contributed by atoms with van der Waals surface area (Å²) in [4.78, 5) is 18.0. The molecule has 0 aromatic carbocycles. The molecule has 1 N–H and O–H groups in total. The highest BCUT2D eigenvalue weighted by molar-refractivity contribution is 9.10. The van der Waals surface area contributed by atoms with E-state index in [1.54, 1.807) is 12.4 Å². The van der Waals surface area contributed by atoms with Gasteiger partial charge in [-0.3, -0.25) is 9.78 Å². The summed E-state index contributed by atoms with van der Waals surface area (Å²) in [6.07, 6.45) is 3.54. The van der Waals surface area contributed by atoms with E-state index in [4.69, 9.17) is 0 Å². The minimum absolute atomic E-state index is 0.142. The molecule has 1 aromatic heterocycles. The second kappa shape index (κ2) is 7.48. The molecule has 0 aliphatic carbocycles. The Hall–Kier alpha value is -0.940. The molecule has 0 bridgehead atoms. The Morgan fingerprint density at radius 2 is 2.11 bits per heavy atom. The van der Waals surface area contributed by atoms with Crippen LogP contribution in [-0.2, 0) is 11.3 Å². The minimum Gasteiger partial charge on any atom is -0.342 e. The second-order valence-corrected chi connectivity index (χ2v) is 5.04. The summed E-state index contributed by atoms with van der Waals surface area (Å²) in [5.74, 6) is 0.142. The monoisotopic (exact) mass is 313 g/mol. The van der Waals surface area contributed by atoms with E-state index >= 15 is 0 Å². The molecular weight excluding hydrogens is 294 g/mol. The lowest BCUT2D eigenvalue weighted by Gasteiger charge is -2.23. The maximum absolute atomic E-state index is 12.0. The summed E-state index contributed by atoms with van der Waals surface area (Å²) in [6.45, 7) is 8.02. The molecule has 0 aliphatic rings. The molecule has 0 saturated carbocycles. The summed E-state index contributed by atoms with van der Waals surface area (Å²) in [6, 6.07) is 1.82. The fourth-order valence-corrected chi connectivity index (χ4v) is 2.13. The summed E-state index contributed by atoms with van der Waals surface area (Å²) in [5.41, 5.74) is 1.06. The van der Waals surface area contributed by atoms with Crippen LogP contribution >= 0.6 is 15.9 Å². The lowest BCUT2D eigenvalue weighted by Crippen LogP contribution is -2.44. The number of hydrogen-bond acceptors (Lipinski definition) is 3. The van der Waals surface area contributed by atoms with E-state index in [1.807, 2.05) is 31.7 Å². The van der Waals surface area contributed by atoms with Crippen molar-refractivity contribution in [3.8, 4) is 0 Å². The van der Waals surface area contributed by atoms with Crippen LogP contribution in [0.5, 0.6) is 0 Å². The van der Waals surface area contributed by atoms with E-state index in [0.29, 0.717) is 6.54 Å². The van der Waals surface area contributed by atoms with Crippen molar-refractivity contribution in [1.29, 1.82) is 0 Å². The first-order valence-electron chi connectivity index (χ1n) is 6.20. The highest BCUT2D eigenvalue weighted by Gasteiger charge is 2.17. The van der Waals surface area contributed by atoms with Crippen molar-refractivity contribution in [2.24, 2.45) is 0 Å². The number of carbonyl (C=O) groups is 1. The quantitative estimate of drug-likeness (QED) is 0.875. The zero-order chi connectivity index (χ0) is 13.5. The van der Waals surface area contributed by atoms with Gasteiger partial charge < -0.3 is 10.2 Å². The van der Waals surface area contributed by atoms with Crippen molar-refractivity contribution in [2.75, 3.05) is 13.1 Å². The van der Waals surface area contributed by atoms with Gasteiger partial charge in [0.25, 0.3) is 0 Å². The Bertz CT molecular complexity index is 394. The maximum Gasteiger partial charge on any atom is 0.239 e. The predicted octanol–water partition coefficient (Wildman–Crippen LogP) is 2.19. The van der Waals surface area contributed by atoms with Crippen LogP contribution in [0.2, 0.25) is 0 Å². The number of pyridine rings is 1. The Morgan fingerprint density at radius 3 is 2.67 bits per heavy atom. The summed E-state index contributed by atoms with van der Waals surface area (Å²) in [5, 5.41) is 3.22. The van der Waals surface area contributed by atoms with Crippen molar-refractivity contribution in [2.45, 2.75) is 33.4 Å². The number of likely N-dealkylation sites (N-methyl/N-ethyl adjacent to an activating group) is 1. The first kappa shape index (κ1) is 15.1. The van der Waals surface area contributed by atoms with Crippen LogP contribution < -0.4 is 5.32 Å². The lowest BCUT2D eigenvalue weighted by molar-refractivity contribution is -0.132. The van der Waals surface area contributed by atoms with Crippen LogP contribution in [0.4, 0.5) is 0 Å². The third kappa shape index (κ3) is 4.38. The van der Waals surface area contributed by atoms with Gasteiger partial charge in [0.1, 0.15) is 0 Å². The molecule has 5 heteroatoms. The van der Waals surface area contributed by atoms with Crippen LogP contribution in [0.25, 0.3) is 0 Å². The Labute approximate surface area is 117 Å². The average Bonchev–Trinajstić information content (AvgIpc) is 2.37. The van der Waals surface area contributed by atoms with Gasteiger partial charge in [-0.25, -0.2) is 0 Å². The molecule has 1 atom stereocenters. The molecule has 4 nitrogen and oxygen atoms in total. The van der Waals surface area contributed by atoms with Crippen LogP contribution in [0.3, 0.4) is 0 Å². The molecule has 0 spiro atoms. The van der Waals surface area contributed by atoms with Crippen LogP contribution in [0.15, 0.2) is 22.9 Å². The van der Waals surface area contributed by atoms with Crippen molar-refractivity contribution in [3.05, 3.63) is 28.5 Å². The van der Waals surface area contributed by atoms with Gasteiger partial charge in [0.2, 0.25) is 5.91 Å². The largest absolute Gasteiger partial charge is 0.342 e. The van der Waals surface area contributed by atoms with Crippen LogP contribution in [-0.4, -0.2) is 34.9 Å². The zero-order valence-electron chi connectivity index (χ0n) is 11.1. The number of aromatic nitrogens is 1. The standard InChI is InChI=1S/C13H20BrN3O/c1-4-17(5-2)13(18)10(3)16-8-11-6-12(14)9-15-7-11/h6-7,9-10,16H,4-5,8H2,1-3H3. The lowest BCUT2D eigenvalue weighted by atomic mass is 10.2. The van der Waals surface area contributed by atoms with E-state index in [2.05, 4.69) is 26.2 Å². The highest BCUT2D eigenvalue weighted by atomic mass is 79.9. The smallest absolute Gasteiger partial charge is 0.239 e. The van der Waals surface area contributed by atoms with E-state index in [-0.39, 0.29) is 11.9 Å². The molecule has 1 heterocycles. The normalized spacial score (nSPS) is 12.2. The number of hydrogen-bond donors (Lipinski definition) is 1. The molecule has 100 valence electrons. The SMILES string of the molecule is CCN(CC)C(=O)C(C)NCc1cncc(Br)c1. The van der Waals surface area contributed by atoms with Gasteiger partial charge in [0, 0.05) is 36.5 Å². The van der Waals surface area contributed by atoms with Gasteiger partial charge >= 0.3 is 0 Å². The minimum atomic E-state index is -0.177. The number of nitrogens with one attached hydrogen (secondary N) is 1. The van der Waals surface area contributed by atoms with E-state index in [1.165, 1.54) is 0 Å². The van der Waals surface area contributed by atoms with Crippen molar-refractivity contribution >= 4 is 21.8 Å². The first-order chi connectivity index (χ1) is 8.58. The summed E-state index contributed by atoms with van der Waals surface area (Å²) >= 11 is 3.38. The number of rotatable bonds is 6. The molecule has 0 fully saturated rings. The number of nitrogens with zero attached hydrogens (tertiary/aromatic N) is 2. The van der Waals surface area contributed by atoms with Crippen LogP contribution in [0.1, 0.15) is 26.3 Å². The molecule has 1 unspecified atom stereocenters. The second-order valence-electron chi connectivity index (χ2n) is 4.12. The third-order valence-electron chi connectivity index (χ3n) is 2.82. The van der Waals surface area contributed by atoms with E-state index in [0.717, 1.165) is 23.1 Å². The molecule has 1 rings (SSSR count). The van der Waals surface area contributed by atoms with Crippen molar-refractivity contribution in [1.82, 2.24) is 15.2 Å². The third-order valence-corrected chi connectivity index (χ3v) is 3.25. The molecule has 0 aliphatic heterocycles. The fraction of sp³-hybridized carbons (Fsp3) is 0.538. The van der Waals surface area contributed by atoms with Crippen LogP contribution in [0, 0.1) is 0 Å². The predicted molar refractivity (Wildman–Crippen MR) is 76.2 cm³/mol.